The Labute approximate surface area is 169 Å². The lowest BCUT2D eigenvalue weighted by Crippen LogP contribution is -2.50. The molecule has 0 unspecified atom stereocenters. The van der Waals surface area contributed by atoms with Gasteiger partial charge in [-0.15, -0.1) is 0 Å². The molecule has 2 aromatic rings. The molecule has 0 amide bonds. The normalized spacial score (nSPS) is 16.0. The summed E-state index contributed by atoms with van der Waals surface area (Å²) in [5, 5.41) is 9.44. The number of anilines is 1. The van der Waals surface area contributed by atoms with Crippen molar-refractivity contribution in [1.82, 2.24) is 9.88 Å². The van der Waals surface area contributed by atoms with Crippen LogP contribution in [0.4, 0.5) is 18.3 Å². The first-order valence-corrected chi connectivity index (χ1v) is 10.3. The standard InChI is InChI=1S/C19H22F3N3O3S/c1-3-12(4-2)24-5-7-25(8-6-24)18-23-16(26)13-9-11(19(20,21)22)10-14(17(27)28)15(13)29-18/h9-10,12H,3-8H2,1-2H3,(H,27,28). The van der Waals surface area contributed by atoms with Gasteiger partial charge >= 0.3 is 12.1 Å². The van der Waals surface area contributed by atoms with Gasteiger partial charge in [0.25, 0.3) is 5.56 Å². The molecule has 1 aromatic carbocycles. The number of carbonyl (C=O) groups is 1. The van der Waals surface area contributed by atoms with Crippen LogP contribution in [0.25, 0.3) is 10.1 Å². The van der Waals surface area contributed by atoms with E-state index in [1.165, 1.54) is 0 Å². The smallest absolute Gasteiger partial charge is 0.416 e. The Bertz CT molecular complexity index is 965. The van der Waals surface area contributed by atoms with Crippen molar-refractivity contribution in [3.63, 3.8) is 0 Å². The van der Waals surface area contributed by atoms with Gasteiger partial charge in [0.2, 0.25) is 0 Å². The fraction of sp³-hybridized carbons (Fsp3) is 0.526. The minimum Gasteiger partial charge on any atom is -0.478 e. The first-order chi connectivity index (χ1) is 13.7. The monoisotopic (exact) mass is 429 g/mol. The van der Waals surface area contributed by atoms with E-state index >= 15 is 0 Å². The zero-order chi connectivity index (χ0) is 21.3. The number of rotatable bonds is 5. The predicted octanol–water partition coefficient (Wildman–Crippen LogP) is 3.68. The lowest BCUT2D eigenvalue weighted by Gasteiger charge is -2.39. The molecule has 0 spiro atoms. The Morgan fingerprint density at radius 2 is 1.83 bits per heavy atom. The highest BCUT2D eigenvalue weighted by atomic mass is 32.1. The van der Waals surface area contributed by atoms with Crippen LogP contribution in [0.1, 0.15) is 42.6 Å². The number of nitrogens with zero attached hydrogens (tertiary/aromatic N) is 3. The second kappa shape index (κ2) is 8.27. The minimum atomic E-state index is -4.75. The zero-order valence-electron chi connectivity index (χ0n) is 16.1. The van der Waals surface area contributed by atoms with Gasteiger partial charge in [0.15, 0.2) is 5.13 Å². The van der Waals surface area contributed by atoms with E-state index in [4.69, 9.17) is 0 Å². The Morgan fingerprint density at radius 1 is 1.21 bits per heavy atom. The molecule has 3 rings (SSSR count). The maximum atomic E-state index is 13.1. The molecule has 6 nitrogen and oxygen atoms in total. The molecule has 1 fully saturated rings. The fourth-order valence-electron chi connectivity index (χ4n) is 3.70. The lowest BCUT2D eigenvalue weighted by atomic mass is 10.1. The molecule has 2 heterocycles. The Morgan fingerprint density at radius 3 is 2.34 bits per heavy atom. The summed E-state index contributed by atoms with van der Waals surface area (Å²) in [6.45, 7) is 7.08. The van der Waals surface area contributed by atoms with E-state index in [0.29, 0.717) is 36.4 Å². The zero-order valence-corrected chi connectivity index (χ0v) is 16.9. The minimum absolute atomic E-state index is 0.0166. The maximum Gasteiger partial charge on any atom is 0.416 e. The fourth-order valence-corrected chi connectivity index (χ4v) is 4.84. The highest BCUT2D eigenvalue weighted by molar-refractivity contribution is 7.22. The van der Waals surface area contributed by atoms with E-state index in [0.717, 1.165) is 37.3 Å². The largest absolute Gasteiger partial charge is 0.478 e. The number of carboxylic acid groups (broad SMARTS) is 1. The summed E-state index contributed by atoms with van der Waals surface area (Å²) in [6.07, 6.45) is -2.66. The molecule has 1 N–H and O–H groups in total. The van der Waals surface area contributed by atoms with Crippen molar-refractivity contribution in [3.8, 4) is 0 Å². The number of carboxylic acids is 1. The van der Waals surface area contributed by atoms with Gasteiger partial charge in [-0.1, -0.05) is 25.2 Å². The third kappa shape index (κ3) is 4.37. The summed E-state index contributed by atoms with van der Waals surface area (Å²) in [5.41, 5.74) is -2.54. The van der Waals surface area contributed by atoms with Gasteiger partial charge in [-0.3, -0.25) is 9.69 Å². The second-order valence-corrected chi connectivity index (χ2v) is 7.98. The van der Waals surface area contributed by atoms with Crippen LogP contribution in [0, 0.1) is 0 Å². The molecule has 29 heavy (non-hydrogen) atoms. The third-order valence-corrected chi connectivity index (χ3v) is 6.49. The molecule has 10 heteroatoms. The van der Waals surface area contributed by atoms with E-state index in [1.54, 1.807) is 0 Å². The number of hydrogen-bond donors (Lipinski definition) is 1. The third-order valence-electron chi connectivity index (χ3n) is 5.31. The van der Waals surface area contributed by atoms with Crippen molar-refractivity contribution < 1.29 is 23.1 Å². The van der Waals surface area contributed by atoms with E-state index in [-0.39, 0.29) is 10.1 Å². The van der Waals surface area contributed by atoms with Crippen LogP contribution >= 0.6 is 11.3 Å². The summed E-state index contributed by atoms with van der Waals surface area (Å²) in [6, 6.07) is 1.75. The lowest BCUT2D eigenvalue weighted by molar-refractivity contribution is -0.137. The Hall–Kier alpha value is -2.20. The summed E-state index contributed by atoms with van der Waals surface area (Å²) in [4.78, 5) is 32.3. The summed E-state index contributed by atoms with van der Waals surface area (Å²) >= 11 is 0.951. The maximum absolute atomic E-state index is 13.1. The topological polar surface area (TPSA) is 73.7 Å². The van der Waals surface area contributed by atoms with Gasteiger partial charge < -0.3 is 10.0 Å². The van der Waals surface area contributed by atoms with E-state index in [9.17, 15) is 27.9 Å². The molecule has 0 bridgehead atoms. The Balaban J connectivity index is 1.99. The van der Waals surface area contributed by atoms with Crippen LogP contribution in [-0.2, 0) is 6.18 Å². The molecule has 0 atom stereocenters. The highest BCUT2D eigenvalue weighted by Crippen LogP contribution is 2.35. The summed E-state index contributed by atoms with van der Waals surface area (Å²) in [5.74, 6) is -1.51. The number of alkyl halides is 3. The van der Waals surface area contributed by atoms with Gasteiger partial charge in [-0.2, -0.15) is 18.2 Å². The van der Waals surface area contributed by atoms with Gasteiger partial charge in [0.1, 0.15) is 0 Å². The van der Waals surface area contributed by atoms with Crippen molar-refractivity contribution in [1.29, 1.82) is 0 Å². The SMILES string of the molecule is CCC(CC)N1CCN(c2nc(=O)c3cc(C(F)(F)F)cc(C(=O)O)c3s2)CC1. The van der Waals surface area contributed by atoms with Crippen LogP contribution in [0.2, 0.25) is 0 Å². The van der Waals surface area contributed by atoms with Gasteiger partial charge in [-0.25, -0.2) is 4.79 Å². The average molecular weight is 429 g/mol. The van der Waals surface area contributed by atoms with E-state index in [2.05, 4.69) is 23.7 Å². The van der Waals surface area contributed by atoms with Crippen LogP contribution in [-0.4, -0.2) is 53.2 Å². The first kappa shape index (κ1) is 21.5. The summed E-state index contributed by atoms with van der Waals surface area (Å²) in [7, 11) is 0. The highest BCUT2D eigenvalue weighted by Gasteiger charge is 2.33. The number of aromatic carboxylic acids is 1. The predicted molar refractivity (Wildman–Crippen MR) is 106 cm³/mol. The molecular formula is C19H22F3N3O3S. The van der Waals surface area contributed by atoms with Crippen LogP contribution < -0.4 is 10.5 Å². The number of benzene rings is 1. The summed E-state index contributed by atoms with van der Waals surface area (Å²) < 4.78 is 39.3. The van der Waals surface area contributed by atoms with Gasteiger partial charge in [0, 0.05) is 32.2 Å². The molecule has 0 radical (unpaired) electrons. The molecule has 0 aliphatic carbocycles. The van der Waals surface area contributed by atoms with Crippen molar-refractivity contribution >= 4 is 32.5 Å². The van der Waals surface area contributed by atoms with Crippen molar-refractivity contribution in [2.75, 3.05) is 31.1 Å². The molecule has 1 aliphatic rings. The first-order valence-electron chi connectivity index (χ1n) is 9.44. The quantitative estimate of drug-likeness (QED) is 0.782. The van der Waals surface area contributed by atoms with Crippen LogP contribution in [0.5, 0.6) is 0 Å². The number of hydrogen-bond acceptors (Lipinski definition) is 6. The Kier molecular flexibility index (Phi) is 6.13. The van der Waals surface area contributed by atoms with Crippen molar-refractivity contribution in [2.24, 2.45) is 0 Å². The van der Waals surface area contributed by atoms with Crippen LogP contribution in [0.15, 0.2) is 16.9 Å². The van der Waals surface area contributed by atoms with Crippen LogP contribution in [0.3, 0.4) is 0 Å². The molecule has 1 aliphatic heterocycles. The number of piperazine rings is 1. The second-order valence-electron chi connectivity index (χ2n) is 7.00. The molecular weight excluding hydrogens is 407 g/mol. The van der Waals surface area contributed by atoms with Gasteiger partial charge in [-0.05, 0) is 25.0 Å². The van der Waals surface area contributed by atoms with Crippen molar-refractivity contribution in [3.05, 3.63) is 33.6 Å². The van der Waals surface area contributed by atoms with Crippen molar-refractivity contribution in [2.45, 2.75) is 38.9 Å². The number of fused-ring (bicyclic) bond motifs is 1. The van der Waals surface area contributed by atoms with E-state index in [1.807, 2.05) is 4.90 Å². The van der Waals surface area contributed by atoms with E-state index < -0.39 is 28.8 Å². The molecule has 1 saturated heterocycles. The average Bonchev–Trinajstić information content (AvgIpc) is 2.68. The number of aromatic nitrogens is 1. The molecule has 1 aromatic heterocycles. The number of halogens is 3. The molecule has 0 saturated carbocycles. The van der Waals surface area contributed by atoms with Gasteiger partial charge in [0.05, 0.1) is 21.2 Å². The molecule has 158 valence electrons.